The molecule has 1 aromatic carbocycles. The van der Waals surface area contributed by atoms with E-state index in [2.05, 4.69) is 38.1 Å². The number of nitrogens with zero attached hydrogens (tertiary/aromatic N) is 3. The first-order chi connectivity index (χ1) is 8.70. The van der Waals surface area contributed by atoms with Crippen LogP contribution in [-0.4, -0.2) is 14.6 Å². The Kier molecular flexibility index (Phi) is 2.76. The molecule has 2 aromatic heterocycles. The highest BCUT2D eigenvalue weighted by Gasteiger charge is 2.04. The molecular weight excluding hydrogens is 292 g/mol. The Hall–Kier alpha value is -1.88. The lowest BCUT2D eigenvalue weighted by molar-refractivity contribution is 0.898. The van der Waals surface area contributed by atoms with Gasteiger partial charge in [-0.2, -0.15) is 5.10 Å². The Labute approximate surface area is 113 Å². The summed E-state index contributed by atoms with van der Waals surface area (Å²) in [5, 5.41) is 4.45. The van der Waals surface area contributed by atoms with Crippen LogP contribution in [0.5, 0.6) is 0 Å². The zero-order valence-electron chi connectivity index (χ0n) is 9.55. The Morgan fingerprint density at radius 2 is 2.00 bits per heavy atom. The summed E-state index contributed by atoms with van der Waals surface area (Å²) in [5.41, 5.74) is 9.30. The van der Waals surface area contributed by atoms with Gasteiger partial charge in [0.1, 0.15) is 0 Å². The van der Waals surface area contributed by atoms with Gasteiger partial charge in [-0.1, -0.05) is 28.1 Å². The standard InChI is InChI=1S/C13H11BrN4/c14-10-3-1-9(2-4-10)5-12-6-13-16-7-11(15)8-18(13)17-12/h1-4,6-8H,5,15H2. The van der Waals surface area contributed by atoms with E-state index in [0.29, 0.717) is 5.69 Å². The fraction of sp³-hybridized carbons (Fsp3) is 0.0769. The summed E-state index contributed by atoms with van der Waals surface area (Å²) in [6.45, 7) is 0. The molecule has 0 aliphatic rings. The van der Waals surface area contributed by atoms with Crippen molar-refractivity contribution in [3.8, 4) is 0 Å². The molecule has 4 nitrogen and oxygen atoms in total. The van der Waals surface area contributed by atoms with E-state index >= 15 is 0 Å². The van der Waals surface area contributed by atoms with Crippen LogP contribution in [0.3, 0.4) is 0 Å². The number of halogens is 1. The van der Waals surface area contributed by atoms with Gasteiger partial charge in [-0.05, 0) is 17.7 Å². The van der Waals surface area contributed by atoms with Gasteiger partial charge in [0.05, 0.1) is 23.8 Å². The van der Waals surface area contributed by atoms with Crippen molar-refractivity contribution in [1.82, 2.24) is 14.6 Å². The summed E-state index contributed by atoms with van der Waals surface area (Å²) in [5.74, 6) is 0. The second-order valence-electron chi connectivity index (χ2n) is 4.13. The molecule has 0 aliphatic heterocycles. The van der Waals surface area contributed by atoms with Gasteiger partial charge in [0.15, 0.2) is 5.65 Å². The van der Waals surface area contributed by atoms with Crippen molar-refractivity contribution in [2.45, 2.75) is 6.42 Å². The highest BCUT2D eigenvalue weighted by Crippen LogP contribution is 2.14. The van der Waals surface area contributed by atoms with Crippen LogP contribution in [0.25, 0.3) is 5.65 Å². The molecule has 3 aromatic rings. The maximum absolute atomic E-state index is 5.67. The van der Waals surface area contributed by atoms with Gasteiger partial charge < -0.3 is 5.73 Å². The zero-order chi connectivity index (χ0) is 12.5. The van der Waals surface area contributed by atoms with Gasteiger partial charge in [0.25, 0.3) is 0 Å². The van der Waals surface area contributed by atoms with Crippen LogP contribution >= 0.6 is 15.9 Å². The second-order valence-corrected chi connectivity index (χ2v) is 5.04. The molecule has 2 N–H and O–H groups in total. The van der Waals surface area contributed by atoms with E-state index in [-0.39, 0.29) is 0 Å². The molecule has 0 aliphatic carbocycles. The lowest BCUT2D eigenvalue weighted by Gasteiger charge is -1.97. The van der Waals surface area contributed by atoms with Crippen LogP contribution in [0, 0.1) is 0 Å². The van der Waals surface area contributed by atoms with Gasteiger partial charge in [0.2, 0.25) is 0 Å². The van der Waals surface area contributed by atoms with Gasteiger partial charge in [-0.15, -0.1) is 0 Å². The van der Waals surface area contributed by atoms with Gasteiger partial charge >= 0.3 is 0 Å². The average molecular weight is 303 g/mol. The van der Waals surface area contributed by atoms with Gasteiger partial charge in [-0.25, -0.2) is 9.50 Å². The Balaban J connectivity index is 1.92. The summed E-state index contributed by atoms with van der Waals surface area (Å²) >= 11 is 3.42. The molecule has 0 radical (unpaired) electrons. The van der Waals surface area contributed by atoms with Crippen molar-refractivity contribution in [3.63, 3.8) is 0 Å². The molecule has 3 rings (SSSR count). The summed E-state index contributed by atoms with van der Waals surface area (Å²) in [6, 6.07) is 10.2. The minimum atomic E-state index is 0.612. The quantitative estimate of drug-likeness (QED) is 0.792. The SMILES string of the molecule is Nc1cnc2cc(Cc3ccc(Br)cc3)nn2c1. The molecule has 90 valence electrons. The Morgan fingerprint density at radius 1 is 1.22 bits per heavy atom. The maximum Gasteiger partial charge on any atom is 0.155 e. The van der Waals surface area contributed by atoms with Crippen molar-refractivity contribution < 1.29 is 0 Å². The molecule has 0 amide bonds. The lowest BCUT2D eigenvalue weighted by Crippen LogP contribution is -1.94. The molecule has 0 bridgehead atoms. The molecular formula is C13H11BrN4. The smallest absolute Gasteiger partial charge is 0.155 e. The summed E-state index contributed by atoms with van der Waals surface area (Å²) in [6.07, 6.45) is 4.20. The third kappa shape index (κ3) is 2.22. The first-order valence-corrected chi connectivity index (χ1v) is 6.34. The number of aromatic nitrogens is 3. The third-order valence-corrected chi connectivity index (χ3v) is 3.21. The second kappa shape index (κ2) is 4.42. The van der Waals surface area contributed by atoms with E-state index in [4.69, 9.17) is 5.73 Å². The van der Waals surface area contributed by atoms with Crippen LogP contribution in [0.4, 0.5) is 5.69 Å². The van der Waals surface area contributed by atoms with Crippen molar-refractivity contribution in [2.75, 3.05) is 5.73 Å². The molecule has 18 heavy (non-hydrogen) atoms. The fourth-order valence-electron chi connectivity index (χ4n) is 1.84. The monoisotopic (exact) mass is 302 g/mol. The Morgan fingerprint density at radius 3 is 2.78 bits per heavy atom. The molecule has 0 saturated heterocycles. The minimum absolute atomic E-state index is 0.612. The highest BCUT2D eigenvalue weighted by atomic mass is 79.9. The highest BCUT2D eigenvalue weighted by molar-refractivity contribution is 9.10. The van der Waals surface area contributed by atoms with Crippen molar-refractivity contribution in [1.29, 1.82) is 0 Å². The van der Waals surface area contributed by atoms with Crippen LogP contribution < -0.4 is 5.73 Å². The predicted molar refractivity (Wildman–Crippen MR) is 74.3 cm³/mol. The van der Waals surface area contributed by atoms with E-state index in [1.807, 2.05) is 18.2 Å². The zero-order valence-corrected chi connectivity index (χ0v) is 11.1. The first-order valence-electron chi connectivity index (χ1n) is 5.55. The maximum atomic E-state index is 5.67. The first kappa shape index (κ1) is 11.2. The number of anilines is 1. The van der Waals surface area contributed by atoms with E-state index in [9.17, 15) is 0 Å². The molecule has 0 saturated carbocycles. The number of nitrogen functional groups attached to an aromatic ring is 1. The number of benzene rings is 1. The molecule has 5 heteroatoms. The summed E-state index contributed by atoms with van der Waals surface area (Å²) in [4.78, 5) is 4.23. The number of hydrogen-bond acceptors (Lipinski definition) is 3. The van der Waals surface area contributed by atoms with Crippen molar-refractivity contribution in [2.24, 2.45) is 0 Å². The lowest BCUT2D eigenvalue weighted by atomic mass is 10.1. The summed E-state index contributed by atoms with van der Waals surface area (Å²) < 4.78 is 2.79. The number of nitrogens with two attached hydrogens (primary N) is 1. The van der Waals surface area contributed by atoms with Gasteiger partial charge in [0, 0.05) is 17.0 Å². The van der Waals surface area contributed by atoms with Crippen LogP contribution in [-0.2, 0) is 6.42 Å². The fourth-order valence-corrected chi connectivity index (χ4v) is 2.10. The van der Waals surface area contributed by atoms with E-state index in [1.165, 1.54) is 5.56 Å². The van der Waals surface area contributed by atoms with E-state index in [1.54, 1.807) is 16.9 Å². The molecule has 0 fully saturated rings. The Bertz CT molecular complexity index is 688. The summed E-state index contributed by atoms with van der Waals surface area (Å²) in [7, 11) is 0. The predicted octanol–water partition coefficient (Wildman–Crippen LogP) is 2.66. The van der Waals surface area contributed by atoms with E-state index in [0.717, 1.165) is 22.2 Å². The number of rotatable bonds is 2. The largest absolute Gasteiger partial charge is 0.396 e. The van der Waals surface area contributed by atoms with Crippen molar-refractivity contribution >= 4 is 27.3 Å². The van der Waals surface area contributed by atoms with E-state index < -0.39 is 0 Å². The molecule has 0 unspecified atom stereocenters. The van der Waals surface area contributed by atoms with Gasteiger partial charge in [-0.3, -0.25) is 0 Å². The molecule has 0 spiro atoms. The van der Waals surface area contributed by atoms with Crippen LogP contribution in [0.2, 0.25) is 0 Å². The molecule has 2 heterocycles. The number of hydrogen-bond donors (Lipinski definition) is 1. The molecule has 0 atom stereocenters. The topological polar surface area (TPSA) is 56.2 Å². The van der Waals surface area contributed by atoms with Crippen LogP contribution in [0.1, 0.15) is 11.3 Å². The normalized spacial score (nSPS) is 10.9. The number of fused-ring (bicyclic) bond motifs is 1. The average Bonchev–Trinajstić information content (AvgIpc) is 2.73. The minimum Gasteiger partial charge on any atom is -0.396 e. The van der Waals surface area contributed by atoms with Crippen LogP contribution in [0.15, 0.2) is 47.2 Å². The van der Waals surface area contributed by atoms with Crippen molar-refractivity contribution in [3.05, 3.63) is 58.5 Å². The third-order valence-electron chi connectivity index (χ3n) is 2.68.